The lowest BCUT2D eigenvalue weighted by Crippen LogP contribution is -2.25. The van der Waals surface area contributed by atoms with E-state index >= 15 is 0 Å². The average molecular weight is 512 g/mol. The number of halogens is 3. The highest BCUT2D eigenvalue weighted by Gasteiger charge is 2.29. The molecular formula is C25H20ClF2N5O3. The number of aromatic carboxylic acids is 1. The number of fused-ring (bicyclic) bond motifs is 2. The molecule has 8 nitrogen and oxygen atoms in total. The molecule has 4 aromatic rings. The summed E-state index contributed by atoms with van der Waals surface area (Å²) in [6.45, 7) is 3.98. The van der Waals surface area contributed by atoms with Gasteiger partial charge in [-0.05, 0) is 55.3 Å². The summed E-state index contributed by atoms with van der Waals surface area (Å²) >= 11 is 5.84. The van der Waals surface area contributed by atoms with Crippen molar-refractivity contribution in [1.29, 1.82) is 0 Å². The zero-order valence-corrected chi connectivity index (χ0v) is 19.9. The van der Waals surface area contributed by atoms with Crippen LogP contribution in [0.5, 0.6) is 0 Å². The summed E-state index contributed by atoms with van der Waals surface area (Å²) in [5, 5.41) is 12.5. The largest absolute Gasteiger partial charge is 0.476 e. The highest BCUT2D eigenvalue weighted by molar-refractivity contribution is 6.29. The second-order valence-corrected chi connectivity index (χ2v) is 9.00. The SMILES string of the molecule is C[C@@H]1c2ccc(F)cc2CN1c1cc(=O)n2cc(F)cc([C@@H](C)Nc3ccc(Cl)nc3C(=O)O)c2n1. The number of pyridine rings is 2. The number of anilines is 2. The van der Waals surface area contributed by atoms with Gasteiger partial charge in [-0.15, -0.1) is 0 Å². The van der Waals surface area contributed by atoms with Crippen LogP contribution >= 0.6 is 11.6 Å². The fourth-order valence-corrected chi connectivity index (χ4v) is 4.71. The number of aromatic nitrogens is 3. The molecule has 1 aliphatic heterocycles. The monoisotopic (exact) mass is 511 g/mol. The van der Waals surface area contributed by atoms with Gasteiger partial charge in [0.25, 0.3) is 5.56 Å². The molecule has 0 amide bonds. The second kappa shape index (κ2) is 8.87. The predicted molar refractivity (Wildman–Crippen MR) is 131 cm³/mol. The molecule has 3 aromatic heterocycles. The molecule has 11 heteroatoms. The molecule has 5 rings (SSSR count). The molecule has 4 heterocycles. The van der Waals surface area contributed by atoms with E-state index in [-0.39, 0.29) is 34.0 Å². The van der Waals surface area contributed by atoms with Crippen molar-refractivity contribution in [2.75, 3.05) is 10.2 Å². The van der Waals surface area contributed by atoms with Crippen LogP contribution < -0.4 is 15.8 Å². The van der Waals surface area contributed by atoms with E-state index in [1.807, 2.05) is 11.8 Å². The Hall–Kier alpha value is -4.05. The summed E-state index contributed by atoms with van der Waals surface area (Å²) in [7, 11) is 0. The molecule has 36 heavy (non-hydrogen) atoms. The molecule has 0 fully saturated rings. The lowest BCUT2D eigenvalue weighted by Gasteiger charge is -2.24. The van der Waals surface area contributed by atoms with Gasteiger partial charge in [0.05, 0.1) is 17.8 Å². The van der Waals surface area contributed by atoms with E-state index in [1.165, 1.54) is 36.4 Å². The minimum atomic E-state index is -1.29. The highest BCUT2D eigenvalue weighted by Crippen LogP contribution is 2.37. The van der Waals surface area contributed by atoms with Crippen LogP contribution in [0.15, 0.2) is 53.5 Å². The van der Waals surface area contributed by atoms with Gasteiger partial charge >= 0.3 is 5.97 Å². The van der Waals surface area contributed by atoms with Crippen molar-refractivity contribution in [1.82, 2.24) is 14.4 Å². The Morgan fingerprint density at radius 2 is 1.94 bits per heavy atom. The van der Waals surface area contributed by atoms with Gasteiger partial charge in [-0.25, -0.2) is 23.5 Å². The molecule has 0 saturated heterocycles. The van der Waals surface area contributed by atoms with Crippen molar-refractivity contribution in [2.24, 2.45) is 0 Å². The van der Waals surface area contributed by atoms with Crippen LogP contribution in [0.2, 0.25) is 5.15 Å². The van der Waals surface area contributed by atoms with E-state index in [1.54, 1.807) is 13.0 Å². The third-order valence-electron chi connectivity index (χ3n) is 6.30. The zero-order chi connectivity index (χ0) is 25.7. The molecule has 2 N–H and O–H groups in total. The van der Waals surface area contributed by atoms with Gasteiger partial charge in [0.2, 0.25) is 0 Å². The van der Waals surface area contributed by atoms with Crippen LogP contribution in [0.25, 0.3) is 5.65 Å². The maximum Gasteiger partial charge on any atom is 0.356 e. The first kappa shape index (κ1) is 23.7. The van der Waals surface area contributed by atoms with Crippen molar-refractivity contribution < 1.29 is 18.7 Å². The number of nitrogens with zero attached hydrogens (tertiary/aromatic N) is 4. The molecule has 0 radical (unpaired) electrons. The Kier molecular flexibility index (Phi) is 5.83. The molecule has 0 saturated carbocycles. The molecular weight excluding hydrogens is 492 g/mol. The first-order valence-electron chi connectivity index (χ1n) is 11.1. The van der Waals surface area contributed by atoms with Gasteiger partial charge in [0.15, 0.2) is 5.69 Å². The first-order valence-corrected chi connectivity index (χ1v) is 11.4. The van der Waals surface area contributed by atoms with E-state index in [0.29, 0.717) is 17.9 Å². The van der Waals surface area contributed by atoms with E-state index < -0.39 is 23.4 Å². The van der Waals surface area contributed by atoms with E-state index in [4.69, 9.17) is 11.6 Å². The Morgan fingerprint density at radius 3 is 2.69 bits per heavy atom. The Balaban J connectivity index is 1.58. The van der Waals surface area contributed by atoms with Crippen molar-refractivity contribution in [2.45, 2.75) is 32.5 Å². The van der Waals surface area contributed by atoms with Crippen LogP contribution in [0.3, 0.4) is 0 Å². The van der Waals surface area contributed by atoms with Crippen molar-refractivity contribution in [3.63, 3.8) is 0 Å². The normalized spacial score (nSPS) is 15.7. The Labute approximate surface area is 208 Å². The van der Waals surface area contributed by atoms with Gasteiger partial charge in [0, 0.05) is 24.4 Å². The van der Waals surface area contributed by atoms with Crippen LogP contribution in [0.4, 0.5) is 20.3 Å². The average Bonchev–Trinajstić information content (AvgIpc) is 3.15. The van der Waals surface area contributed by atoms with Crippen molar-refractivity contribution in [3.05, 3.63) is 98.2 Å². The summed E-state index contributed by atoms with van der Waals surface area (Å²) < 4.78 is 29.4. The fraction of sp³-hybridized carbons (Fsp3) is 0.200. The number of carbonyl (C=O) groups is 1. The first-order chi connectivity index (χ1) is 17.1. The third kappa shape index (κ3) is 4.13. The second-order valence-electron chi connectivity index (χ2n) is 8.61. The number of rotatable bonds is 5. The molecule has 0 unspecified atom stereocenters. The minimum absolute atomic E-state index is 0.0141. The molecule has 2 atom stereocenters. The quantitative estimate of drug-likeness (QED) is 0.365. The number of carboxylic acid groups (broad SMARTS) is 1. The van der Waals surface area contributed by atoms with Crippen LogP contribution in [0.1, 0.15) is 53.1 Å². The van der Waals surface area contributed by atoms with E-state index in [0.717, 1.165) is 21.7 Å². The fourth-order valence-electron chi connectivity index (χ4n) is 4.56. The summed E-state index contributed by atoms with van der Waals surface area (Å²) in [5.74, 6) is -1.92. The van der Waals surface area contributed by atoms with Crippen molar-refractivity contribution >= 4 is 34.7 Å². The Morgan fingerprint density at radius 1 is 1.17 bits per heavy atom. The summed E-state index contributed by atoms with van der Waals surface area (Å²) in [5.41, 5.74) is 1.65. The molecule has 184 valence electrons. The van der Waals surface area contributed by atoms with Gasteiger partial charge in [-0.1, -0.05) is 17.7 Å². The van der Waals surface area contributed by atoms with Gasteiger partial charge < -0.3 is 15.3 Å². The maximum atomic E-state index is 14.5. The van der Waals surface area contributed by atoms with Crippen molar-refractivity contribution in [3.8, 4) is 0 Å². The third-order valence-corrected chi connectivity index (χ3v) is 6.51. The highest BCUT2D eigenvalue weighted by atomic mass is 35.5. The summed E-state index contributed by atoms with van der Waals surface area (Å²) in [4.78, 5) is 35.0. The molecule has 0 spiro atoms. The van der Waals surface area contributed by atoms with Crippen LogP contribution in [-0.2, 0) is 6.54 Å². The number of hydrogen-bond donors (Lipinski definition) is 2. The molecule has 1 aliphatic rings. The lowest BCUT2D eigenvalue weighted by molar-refractivity contribution is 0.0691. The van der Waals surface area contributed by atoms with Crippen LogP contribution in [-0.4, -0.2) is 25.4 Å². The Bertz CT molecular complexity index is 1590. The standard InChI is InChI=1S/C25H20ClF2N5O3/c1-12(29-19-5-6-20(26)30-23(19)25(35)36)18-8-16(28)11-33-22(34)9-21(31-24(18)33)32-10-14-7-15(27)3-4-17(14)13(32)2/h3-9,11-13,29H,10H2,1-2H3,(H,35,36)/t12-,13-/m1/s1. The molecule has 0 bridgehead atoms. The van der Waals surface area contributed by atoms with E-state index in [2.05, 4.69) is 15.3 Å². The number of hydrogen-bond acceptors (Lipinski definition) is 6. The lowest BCUT2D eigenvalue weighted by atomic mass is 10.1. The predicted octanol–water partition coefficient (Wildman–Crippen LogP) is 4.97. The van der Waals surface area contributed by atoms with E-state index in [9.17, 15) is 23.5 Å². The molecule has 0 aliphatic carbocycles. The number of nitrogens with one attached hydrogen (secondary N) is 1. The van der Waals surface area contributed by atoms with Gasteiger partial charge in [0.1, 0.15) is 28.3 Å². The van der Waals surface area contributed by atoms with Crippen LogP contribution in [0, 0.1) is 11.6 Å². The topological polar surface area (TPSA) is 99.8 Å². The number of benzene rings is 1. The van der Waals surface area contributed by atoms with Gasteiger partial charge in [-0.2, -0.15) is 0 Å². The summed E-state index contributed by atoms with van der Waals surface area (Å²) in [6.07, 6.45) is 1.05. The van der Waals surface area contributed by atoms with Gasteiger partial charge in [-0.3, -0.25) is 9.20 Å². The minimum Gasteiger partial charge on any atom is -0.476 e. The zero-order valence-electron chi connectivity index (χ0n) is 19.2. The maximum absolute atomic E-state index is 14.5. The summed E-state index contributed by atoms with van der Waals surface area (Å²) in [6, 6.07) is 9.21. The molecule has 1 aromatic carbocycles. The smallest absolute Gasteiger partial charge is 0.356 e. The number of carboxylic acids is 1.